The van der Waals surface area contributed by atoms with E-state index in [1.165, 1.54) is 6.07 Å². The van der Waals surface area contributed by atoms with Crippen LogP contribution in [0.2, 0.25) is 5.02 Å². The van der Waals surface area contributed by atoms with Crippen LogP contribution < -0.4 is 5.32 Å². The number of anilines is 1. The third kappa shape index (κ3) is 7.31. The number of aryl methyl sites for hydroxylation is 1. The van der Waals surface area contributed by atoms with Crippen LogP contribution in [-0.2, 0) is 32.5 Å². The van der Waals surface area contributed by atoms with Gasteiger partial charge in [0.1, 0.15) is 11.9 Å². The third-order valence-corrected chi connectivity index (χ3v) is 8.98. The summed E-state index contributed by atoms with van der Waals surface area (Å²) in [6.45, 7) is 3.38. The quantitative estimate of drug-likeness (QED) is 0.231. The van der Waals surface area contributed by atoms with Crippen LogP contribution in [0.3, 0.4) is 0 Å². The van der Waals surface area contributed by atoms with Crippen molar-refractivity contribution in [1.82, 2.24) is 9.47 Å². The molecule has 9 nitrogen and oxygen atoms in total. The topological polar surface area (TPSA) is 110 Å². The van der Waals surface area contributed by atoms with Gasteiger partial charge in [0.05, 0.1) is 28.3 Å². The molecule has 1 saturated heterocycles. The number of rotatable bonds is 12. The maximum absolute atomic E-state index is 15.3. The second kappa shape index (κ2) is 14.2. The Morgan fingerprint density at radius 1 is 1.11 bits per heavy atom. The van der Waals surface area contributed by atoms with Gasteiger partial charge in [0.15, 0.2) is 5.78 Å². The minimum Gasteiger partial charge on any atom is -0.481 e. The number of halogens is 2. The summed E-state index contributed by atoms with van der Waals surface area (Å²) in [6, 6.07) is 9.99. The van der Waals surface area contributed by atoms with Crippen LogP contribution in [-0.4, -0.2) is 63.9 Å². The monoisotopic (exact) mass is 627 g/mol. The number of benzene rings is 2. The van der Waals surface area contributed by atoms with E-state index in [1.807, 2.05) is 42.8 Å². The van der Waals surface area contributed by atoms with Gasteiger partial charge in [-0.15, -0.1) is 0 Å². The molecule has 1 saturated carbocycles. The number of amides is 1. The molecule has 1 aliphatic heterocycles. The average molecular weight is 628 g/mol. The van der Waals surface area contributed by atoms with Crippen molar-refractivity contribution < 1.29 is 33.4 Å². The molecule has 2 atom stereocenters. The Morgan fingerprint density at radius 3 is 2.50 bits per heavy atom. The molecule has 236 valence electrons. The fraction of sp³-hybridized carbons (Fsp3) is 0.485. The molecule has 1 aromatic heterocycles. The number of carboxylic acids is 1. The number of carboxylic acid groups (broad SMARTS) is 1. The van der Waals surface area contributed by atoms with Gasteiger partial charge in [-0.25, -0.2) is 4.39 Å². The van der Waals surface area contributed by atoms with Crippen LogP contribution in [0.25, 0.3) is 10.9 Å². The van der Waals surface area contributed by atoms with Crippen molar-refractivity contribution in [1.29, 1.82) is 0 Å². The van der Waals surface area contributed by atoms with Crippen molar-refractivity contribution in [3.63, 3.8) is 0 Å². The Hall–Kier alpha value is -3.31. The first-order valence-corrected chi connectivity index (χ1v) is 15.7. The number of likely N-dealkylation sites (tertiary alicyclic amines) is 1. The normalized spacial score (nSPS) is 20.5. The van der Waals surface area contributed by atoms with Gasteiger partial charge in [-0.05, 0) is 68.7 Å². The van der Waals surface area contributed by atoms with Crippen LogP contribution in [0.15, 0.2) is 42.6 Å². The van der Waals surface area contributed by atoms with Gasteiger partial charge < -0.3 is 24.5 Å². The van der Waals surface area contributed by atoms with Crippen LogP contribution in [0.5, 0.6) is 0 Å². The molecule has 0 spiro atoms. The number of carbonyl (C=O) groups is 3. The van der Waals surface area contributed by atoms with Crippen molar-refractivity contribution in [2.45, 2.75) is 76.9 Å². The number of ketones is 1. The highest BCUT2D eigenvalue weighted by Gasteiger charge is 2.34. The summed E-state index contributed by atoms with van der Waals surface area (Å²) in [5.74, 6) is -2.52. The van der Waals surface area contributed by atoms with Crippen LogP contribution in [0.1, 0.15) is 67.8 Å². The molecule has 0 radical (unpaired) electrons. The number of para-hydroxylation sites is 1. The first-order valence-electron chi connectivity index (χ1n) is 15.3. The highest BCUT2D eigenvalue weighted by atomic mass is 35.5. The number of fused-ring (bicyclic) bond motifs is 1. The maximum atomic E-state index is 15.3. The Morgan fingerprint density at radius 2 is 1.82 bits per heavy atom. The molecule has 1 amide bonds. The SMILES string of the molecule is CCC(OC(O[C@H]1CC[C@H](C(=O)O)CC1)N1CCCC1)C(=O)Cc1cc(Cl)c(NC(=O)c2cn(C)c3ccccc23)cc1F. The second-order valence-electron chi connectivity index (χ2n) is 11.7. The van der Waals surface area contributed by atoms with E-state index in [-0.39, 0.29) is 40.5 Å². The lowest BCUT2D eigenvalue weighted by atomic mass is 9.87. The predicted molar refractivity (Wildman–Crippen MR) is 165 cm³/mol. The standard InChI is InChI=1S/C33H39ClFN3O6/c1-3-30(44-33(38-14-6-7-15-38)43-22-12-10-20(11-13-22)32(41)42)29(39)17-21-16-25(34)27(18-26(21)35)36-31(40)24-19-37(2)28-9-5-4-8-23(24)28/h4-5,8-9,16,18-20,22,30,33H,3,6-7,10-15,17H2,1-2H3,(H,36,40)(H,41,42)/t20-,22-,30?,33?. The maximum Gasteiger partial charge on any atom is 0.306 e. The van der Waals surface area contributed by atoms with E-state index < -0.39 is 30.2 Å². The van der Waals surface area contributed by atoms with E-state index in [0.717, 1.165) is 42.9 Å². The van der Waals surface area contributed by atoms with Gasteiger partial charge in [-0.3, -0.25) is 19.3 Å². The lowest BCUT2D eigenvalue weighted by molar-refractivity contribution is -0.260. The molecule has 11 heteroatoms. The lowest BCUT2D eigenvalue weighted by Gasteiger charge is -2.35. The van der Waals surface area contributed by atoms with Crippen molar-refractivity contribution in [2.75, 3.05) is 18.4 Å². The molecule has 3 aromatic rings. The Bertz CT molecular complexity index is 1510. The van der Waals surface area contributed by atoms with Crippen molar-refractivity contribution in [2.24, 2.45) is 13.0 Å². The van der Waals surface area contributed by atoms with Gasteiger partial charge >= 0.3 is 5.97 Å². The van der Waals surface area contributed by atoms with Gasteiger partial charge in [-0.2, -0.15) is 0 Å². The minimum atomic E-state index is -0.833. The summed E-state index contributed by atoms with van der Waals surface area (Å²) in [5.41, 5.74) is 1.54. The zero-order chi connectivity index (χ0) is 31.4. The van der Waals surface area contributed by atoms with E-state index >= 15 is 4.39 Å². The molecule has 0 bridgehead atoms. The summed E-state index contributed by atoms with van der Waals surface area (Å²) < 4.78 is 29.7. The summed E-state index contributed by atoms with van der Waals surface area (Å²) >= 11 is 6.47. The zero-order valence-electron chi connectivity index (χ0n) is 25.1. The number of aromatic nitrogens is 1. The van der Waals surface area contributed by atoms with Crippen molar-refractivity contribution in [3.8, 4) is 0 Å². The van der Waals surface area contributed by atoms with E-state index in [1.54, 1.807) is 6.20 Å². The van der Waals surface area contributed by atoms with Crippen molar-refractivity contribution in [3.05, 3.63) is 64.6 Å². The molecule has 2 aromatic carbocycles. The minimum absolute atomic E-state index is 0.107. The Labute approximate surface area is 261 Å². The number of hydrogen-bond donors (Lipinski definition) is 2. The highest BCUT2D eigenvalue weighted by Crippen LogP contribution is 2.31. The first-order chi connectivity index (χ1) is 21.1. The fourth-order valence-corrected chi connectivity index (χ4v) is 6.37. The molecule has 2 heterocycles. The summed E-state index contributed by atoms with van der Waals surface area (Å²) in [7, 11) is 1.84. The number of aliphatic carboxylic acids is 1. The molecule has 44 heavy (non-hydrogen) atoms. The molecule has 2 aliphatic rings. The van der Waals surface area contributed by atoms with Crippen molar-refractivity contribution >= 4 is 45.9 Å². The van der Waals surface area contributed by atoms with E-state index in [9.17, 15) is 19.5 Å². The number of carbonyl (C=O) groups excluding carboxylic acids is 2. The summed E-state index contributed by atoms with van der Waals surface area (Å²) in [6.07, 6.45) is 4.41. The summed E-state index contributed by atoms with van der Waals surface area (Å²) in [4.78, 5) is 39.9. The van der Waals surface area contributed by atoms with E-state index in [2.05, 4.69) is 10.2 Å². The lowest BCUT2D eigenvalue weighted by Crippen LogP contribution is -2.44. The molecular formula is C33H39ClFN3O6. The number of hydrogen-bond acceptors (Lipinski definition) is 6. The number of ether oxygens (including phenoxy) is 2. The Balaban J connectivity index is 1.24. The van der Waals surface area contributed by atoms with Gasteiger partial charge in [-0.1, -0.05) is 36.7 Å². The zero-order valence-corrected chi connectivity index (χ0v) is 25.8. The fourth-order valence-electron chi connectivity index (χ4n) is 6.14. The smallest absolute Gasteiger partial charge is 0.306 e. The first kappa shape index (κ1) is 32.1. The van der Waals surface area contributed by atoms with Gasteiger partial charge in [0, 0.05) is 43.7 Å². The highest BCUT2D eigenvalue weighted by molar-refractivity contribution is 6.34. The van der Waals surface area contributed by atoms with E-state index in [0.29, 0.717) is 37.7 Å². The van der Waals surface area contributed by atoms with Crippen LogP contribution in [0.4, 0.5) is 10.1 Å². The predicted octanol–water partition coefficient (Wildman–Crippen LogP) is 6.17. The molecule has 2 unspecified atom stereocenters. The molecule has 2 N–H and O–H groups in total. The Kier molecular flexibility index (Phi) is 10.4. The number of nitrogens with zero attached hydrogens (tertiary/aromatic N) is 2. The molecule has 1 aliphatic carbocycles. The van der Waals surface area contributed by atoms with Crippen LogP contribution in [0, 0.1) is 11.7 Å². The largest absolute Gasteiger partial charge is 0.481 e. The average Bonchev–Trinajstić information content (AvgIpc) is 3.67. The second-order valence-corrected chi connectivity index (χ2v) is 12.1. The third-order valence-electron chi connectivity index (χ3n) is 8.67. The van der Waals surface area contributed by atoms with Crippen LogP contribution >= 0.6 is 11.6 Å². The molecule has 2 fully saturated rings. The summed E-state index contributed by atoms with van der Waals surface area (Å²) in [5, 5.41) is 12.9. The van der Waals surface area contributed by atoms with E-state index in [4.69, 9.17) is 21.1 Å². The number of Topliss-reactive ketones (excluding diaryl/α,β-unsaturated/α-hetero) is 1. The van der Waals surface area contributed by atoms with Gasteiger partial charge in [0.2, 0.25) is 6.41 Å². The molecular weight excluding hydrogens is 589 g/mol. The number of nitrogens with one attached hydrogen (secondary N) is 1. The van der Waals surface area contributed by atoms with Gasteiger partial charge in [0.25, 0.3) is 5.91 Å². The molecule has 5 rings (SSSR count).